The van der Waals surface area contributed by atoms with Crippen molar-refractivity contribution >= 4 is 33.5 Å². The Hall–Kier alpha value is -1.69. The summed E-state index contributed by atoms with van der Waals surface area (Å²) in [6, 6.07) is 20.2. The molecule has 0 aliphatic rings. The van der Waals surface area contributed by atoms with E-state index >= 15 is 0 Å². The van der Waals surface area contributed by atoms with Gasteiger partial charge in [0.25, 0.3) is 0 Å². The zero-order valence-corrected chi connectivity index (χ0v) is 15.4. The highest BCUT2D eigenvalue weighted by molar-refractivity contribution is 9.09. The number of hydrazone groups is 1. The monoisotopic (exact) mass is 390 g/mol. The van der Waals surface area contributed by atoms with Gasteiger partial charge in [0.05, 0.1) is 23.3 Å². The number of rotatable bonds is 10. The maximum Gasteiger partial charge on any atom is 0.167 e. The van der Waals surface area contributed by atoms with Crippen molar-refractivity contribution in [3.8, 4) is 0 Å². The molecule has 1 unspecified atom stereocenters. The molecule has 0 saturated carbocycles. The van der Waals surface area contributed by atoms with Crippen LogP contribution in [0.2, 0.25) is 0 Å². The minimum Gasteiger partial charge on any atom is -0.352 e. The fraction of sp³-hybridized carbons (Fsp3) is 0.316. The molecule has 0 aliphatic heterocycles. The summed E-state index contributed by atoms with van der Waals surface area (Å²) in [5, 5.41) is 7.19. The fourth-order valence-corrected chi connectivity index (χ4v) is 2.51. The van der Waals surface area contributed by atoms with Crippen molar-refractivity contribution < 1.29 is 9.47 Å². The van der Waals surface area contributed by atoms with Crippen molar-refractivity contribution in [2.45, 2.75) is 19.6 Å². The maximum absolute atomic E-state index is 5.65. The number of nitrogens with zero attached hydrogens (tertiary/aromatic N) is 2. The van der Waals surface area contributed by atoms with Crippen LogP contribution >= 0.6 is 15.9 Å². The Bertz CT molecular complexity index is 553. The first-order valence-electron chi connectivity index (χ1n) is 8.07. The van der Waals surface area contributed by atoms with Crippen molar-refractivity contribution in [2.24, 2.45) is 5.10 Å². The Morgan fingerprint density at radius 3 is 2.08 bits per heavy atom. The lowest BCUT2D eigenvalue weighted by Gasteiger charge is -2.19. The Balaban J connectivity index is 1.96. The third-order valence-electron chi connectivity index (χ3n) is 3.23. The number of alkyl halides is 1. The standard InChI is InChI=1S/C19H23BrN2O2/c1-2-23-19(16-20)24-15-9-14-21-22(17-10-5-3-6-11-17)18-12-7-4-8-13-18/h3-8,10-14,19H,2,9,15-16H2,1H3/b21-14+. The smallest absolute Gasteiger partial charge is 0.167 e. The molecule has 2 rings (SSSR count). The lowest BCUT2D eigenvalue weighted by atomic mass is 10.2. The van der Waals surface area contributed by atoms with E-state index in [0.717, 1.165) is 11.4 Å². The SMILES string of the molecule is CCOC(CBr)OCC/C=N/N(c1ccccc1)c1ccccc1. The van der Waals surface area contributed by atoms with E-state index in [1.165, 1.54) is 0 Å². The third-order valence-corrected chi connectivity index (χ3v) is 3.76. The second-order valence-electron chi connectivity index (χ2n) is 4.98. The molecule has 0 bridgehead atoms. The molecular weight excluding hydrogens is 368 g/mol. The summed E-state index contributed by atoms with van der Waals surface area (Å²) in [5.74, 6) is 0. The quantitative estimate of drug-likeness (QED) is 0.188. The van der Waals surface area contributed by atoms with Crippen LogP contribution in [0, 0.1) is 0 Å². The van der Waals surface area contributed by atoms with Crippen molar-refractivity contribution in [3.63, 3.8) is 0 Å². The molecule has 5 heteroatoms. The molecule has 0 fully saturated rings. The first-order chi connectivity index (χ1) is 11.8. The Kier molecular flexibility index (Phi) is 8.52. The van der Waals surface area contributed by atoms with Gasteiger partial charge >= 0.3 is 0 Å². The van der Waals surface area contributed by atoms with E-state index in [0.29, 0.717) is 25.0 Å². The summed E-state index contributed by atoms with van der Waals surface area (Å²) in [6.45, 7) is 3.16. The van der Waals surface area contributed by atoms with Crippen LogP contribution in [0.3, 0.4) is 0 Å². The number of hydrogen-bond acceptors (Lipinski definition) is 4. The van der Waals surface area contributed by atoms with Crippen LogP contribution in [0.15, 0.2) is 65.8 Å². The van der Waals surface area contributed by atoms with Crippen molar-refractivity contribution in [1.82, 2.24) is 0 Å². The maximum atomic E-state index is 5.65. The first kappa shape index (κ1) is 18.6. The average Bonchev–Trinajstić information content (AvgIpc) is 2.65. The molecule has 128 valence electrons. The molecule has 1 atom stereocenters. The van der Waals surface area contributed by atoms with Crippen LogP contribution in [0.5, 0.6) is 0 Å². The van der Waals surface area contributed by atoms with Crippen molar-refractivity contribution in [3.05, 3.63) is 60.7 Å². The molecule has 0 saturated heterocycles. The van der Waals surface area contributed by atoms with Gasteiger partial charge in [0, 0.05) is 19.2 Å². The van der Waals surface area contributed by atoms with Gasteiger partial charge < -0.3 is 9.47 Å². The number of hydrogen-bond donors (Lipinski definition) is 0. The molecule has 0 aromatic heterocycles. The molecule has 0 radical (unpaired) electrons. The van der Waals surface area contributed by atoms with E-state index in [1.54, 1.807) is 0 Å². The first-order valence-corrected chi connectivity index (χ1v) is 9.19. The predicted molar refractivity (Wildman–Crippen MR) is 103 cm³/mol. The van der Waals surface area contributed by atoms with Gasteiger partial charge in [-0.25, -0.2) is 5.01 Å². The zero-order valence-electron chi connectivity index (χ0n) is 13.8. The summed E-state index contributed by atoms with van der Waals surface area (Å²) in [5.41, 5.74) is 2.04. The molecule has 0 N–H and O–H groups in total. The van der Waals surface area contributed by atoms with E-state index in [9.17, 15) is 0 Å². The van der Waals surface area contributed by atoms with Crippen LogP contribution in [-0.4, -0.2) is 31.0 Å². The van der Waals surface area contributed by atoms with E-state index in [-0.39, 0.29) is 6.29 Å². The summed E-state index contributed by atoms with van der Waals surface area (Å²) in [6.07, 6.45) is 2.38. The third kappa shape index (κ3) is 6.07. The number of anilines is 2. The molecule has 2 aromatic carbocycles. The highest BCUT2D eigenvalue weighted by atomic mass is 79.9. The van der Waals surface area contributed by atoms with E-state index in [1.807, 2.05) is 78.8 Å². The molecule has 0 spiro atoms. The summed E-state index contributed by atoms with van der Waals surface area (Å²) >= 11 is 3.38. The predicted octanol–water partition coefficient (Wildman–Crippen LogP) is 4.97. The molecule has 24 heavy (non-hydrogen) atoms. The van der Waals surface area contributed by atoms with Crippen LogP contribution in [0.25, 0.3) is 0 Å². The van der Waals surface area contributed by atoms with Gasteiger partial charge in [0.2, 0.25) is 0 Å². The van der Waals surface area contributed by atoms with Crippen LogP contribution in [0.1, 0.15) is 13.3 Å². The normalized spacial score (nSPS) is 12.4. The lowest BCUT2D eigenvalue weighted by Crippen LogP contribution is -2.19. The summed E-state index contributed by atoms with van der Waals surface area (Å²) in [7, 11) is 0. The van der Waals surface area contributed by atoms with Gasteiger partial charge in [0.15, 0.2) is 6.29 Å². The minimum atomic E-state index is -0.206. The largest absolute Gasteiger partial charge is 0.352 e. The number of ether oxygens (including phenoxy) is 2. The number of para-hydroxylation sites is 2. The molecule has 0 amide bonds. The Morgan fingerprint density at radius 1 is 1.00 bits per heavy atom. The molecule has 4 nitrogen and oxygen atoms in total. The van der Waals surface area contributed by atoms with Gasteiger partial charge in [-0.05, 0) is 31.2 Å². The zero-order chi connectivity index (χ0) is 17.0. The Labute approximate surface area is 152 Å². The molecule has 0 aliphatic carbocycles. The van der Waals surface area contributed by atoms with Crippen molar-refractivity contribution in [1.29, 1.82) is 0 Å². The second kappa shape index (κ2) is 11.0. The number of benzene rings is 2. The Morgan fingerprint density at radius 2 is 1.58 bits per heavy atom. The van der Waals surface area contributed by atoms with Gasteiger partial charge in [-0.15, -0.1) is 0 Å². The topological polar surface area (TPSA) is 34.1 Å². The van der Waals surface area contributed by atoms with Gasteiger partial charge in [-0.2, -0.15) is 5.10 Å². The van der Waals surface area contributed by atoms with Crippen LogP contribution < -0.4 is 5.01 Å². The number of halogens is 1. The average molecular weight is 391 g/mol. The molecule has 2 aromatic rings. The minimum absolute atomic E-state index is 0.206. The molecular formula is C19H23BrN2O2. The summed E-state index contributed by atoms with van der Waals surface area (Å²) in [4.78, 5) is 0. The lowest BCUT2D eigenvalue weighted by molar-refractivity contribution is -0.121. The second-order valence-corrected chi connectivity index (χ2v) is 5.63. The van der Waals surface area contributed by atoms with Gasteiger partial charge in [-0.3, -0.25) is 0 Å². The van der Waals surface area contributed by atoms with E-state index in [2.05, 4.69) is 21.0 Å². The fourth-order valence-electron chi connectivity index (χ4n) is 2.14. The van der Waals surface area contributed by atoms with Crippen LogP contribution in [0.4, 0.5) is 11.4 Å². The van der Waals surface area contributed by atoms with Gasteiger partial charge in [-0.1, -0.05) is 52.3 Å². The molecule has 0 heterocycles. The van der Waals surface area contributed by atoms with Gasteiger partial charge in [0.1, 0.15) is 0 Å². The highest BCUT2D eigenvalue weighted by Crippen LogP contribution is 2.24. The highest BCUT2D eigenvalue weighted by Gasteiger charge is 2.07. The van der Waals surface area contributed by atoms with E-state index in [4.69, 9.17) is 9.47 Å². The summed E-state index contributed by atoms with van der Waals surface area (Å²) < 4.78 is 11.1. The van der Waals surface area contributed by atoms with Crippen LogP contribution in [-0.2, 0) is 9.47 Å². The van der Waals surface area contributed by atoms with E-state index < -0.39 is 0 Å². The van der Waals surface area contributed by atoms with Crippen molar-refractivity contribution in [2.75, 3.05) is 23.6 Å².